The van der Waals surface area contributed by atoms with Crippen molar-refractivity contribution in [3.8, 4) is 17.2 Å². The maximum Gasteiger partial charge on any atom is 0.416 e. The van der Waals surface area contributed by atoms with E-state index in [-0.39, 0.29) is 44.0 Å². The van der Waals surface area contributed by atoms with Crippen LogP contribution in [0.25, 0.3) is 0 Å². The number of hydrogen-bond donors (Lipinski definition) is 3. The Labute approximate surface area is 264 Å². The lowest BCUT2D eigenvalue weighted by atomic mass is 9.87. The average Bonchev–Trinajstić information content (AvgIpc) is 3.48. The van der Waals surface area contributed by atoms with Crippen molar-refractivity contribution in [1.82, 2.24) is 10.2 Å². The van der Waals surface area contributed by atoms with Gasteiger partial charge in [-0.3, -0.25) is 9.59 Å². The molecular weight excluding hydrogens is 696 g/mol. The minimum absolute atomic E-state index is 0.0170. The van der Waals surface area contributed by atoms with Gasteiger partial charge in [0, 0.05) is 30.6 Å². The number of hydrogen-bond acceptors (Lipinski definition) is 7. The summed E-state index contributed by atoms with van der Waals surface area (Å²) in [4.78, 5) is 28.4. The lowest BCUT2D eigenvalue weighted by Gasteiger charge is -2.40. The second kappa shape index (κ2) is 13.4. The highest BCUT2D eigenvalue weighted by atomic mass is 127. The summed E-state index contributed by atoms with van der Waals surface area (Å²) in [6.07, 6.45) is -5.61. The third-order valence-corrected chi connectivity index (χ3v) is 8.12. The highest BCUT2D eigenvalue weighted by molar-refractivity contribution is 14.1. The number of nitrogens with one attached hydrogen (secondary N) is 1. The van der Waals surface area contributed by atoms with E-state index in [0.29, 0.717) is 22.8 Å². The van der Waals surface area contributed by atoms with Crippen molar-refractivity contribution in [2.45, 2.75) is 37.4 Å². The first-order valence-electron chi connectivity index (χ1n) is 13.6. The van der Waals surface area contributed by atoms with Crippen LogP contribution in [-0.4, -0.2) is 65.1 Å². The fraction of sp³-hybridized carbons (Fsp3) is 0.290. The first-order valence-corrected chi connectivity index (χ1v) is 14.7. The molecule has 232 valence electrons. The summed E-state index contributed by atoms with van der Waals surface area (Å²) in [5, 5.41) is 23.5. The predicted molar refractivity (Wildman–Crippen MR) is 160 cm³/mol. The topological polar surface area (TPSA) is 118 Å². The van der Waals surface area contributed by atoms with Gasteiger partial charge >= 0.3 is 6.18 Å². The summed E-state index contributed by atoms with van der Waals surface area (Å²) in [6.45, 7) is -0.366. The Morgan fingerprint density at radius 3 is 2.48 bits per heavy atom. The van der Waals surface area contributed by atoms with Crippen LogP contribution in [0.15, 0.2) is 78.4 Å². The quantitative estimate of drug-likeness (QED) is 0.282. The van der Waals surface area contributed by atoms with Crippen molar-refractivity contribution in [1.29, 1.82) is 0 Å². The van der Waals surface area contributed by atoms with Gasteiger partial charge in [-0.2, -0.15) is 13.2 Å². The zero-order chi connectivity index (χ0) is 31.4. The maximum atomic E-state index is 14.0. The van der Waals surface area contributed by atoms with E-state index >= 15 is 0 Å². The molecule has 13 heteroatoms. The number of rotatable bonds is 9. The molecule has 0 unspecified atom stereocenters. The molecule has 1 aliphatic heterocycles. The van der Waals surface area contributed by atoms with Crippen molar-refractivity contribution >= 4 is 34.4 Å². The Kier molecular flexibility index (Phi) is 9.65. The Hall–Kier alpha value is -3.82. The minimum atomic E-state index is -4.59. The van der Waals surface area contributed by atoms with Crippen molar-refractivity contribution in [3.05, 3.63) is 98.6 Å². The van der Waals surface area contributed by atoms with E-state index in [9.17, 15) is 33.0 Å². The highest BCUT2D eigenvalue weighted by Gasteiger charge is 2.41. The highest BCUT2D eigenvalue weighted by Crippen LogP contribution is 2.35. The summed E-state index contributed by atoms with van der Waals surface area (Å²) >= 11 is 2.07. The van der Waals surface area contributed by atoms with Crippen LogP contribution in [0, 0.1) is 3.57 Å². The standard InChI is InChI=1S/C31H28F3IN2O7/c32-31(33,34)21-8-6-19(7-9-21)30(41)37(16-18-5-10-25-26(13-18)43-17-42-25)23-14-20(29(40)36-11-12-38)15-27(28(23)39)44-24-4-2-1-3-22(24)35/h1-10,13,15,23,27-28,38-39H,11-12,14,16-17H2,(H,36,40)/t23-,27+,28+/m1/s1. The molecule has 0 saturated heterocycles. The molecular formula is C31H28F3IN2O7. The first kappa shape index (κ1) is 31.6. The van der Waals surface area contributed by atoms with Crippen molar-refractivity contribution in [2.24, 2.45) is 0 Å². The van der Waals surface area contributed by atoms with E-state index in [1.165, 1.54) is 11.0 Å². The molecule has 3 aromatic carbocycles. The van der Waals surface area contributed by atoms with Crippen LogP contribution in [0.5, 0.6) is 17.2 Å². The summed E-state index contributed by atoms with van der Waals surface area (Å²) in [6, 6.07) is 14.9. The Bertz CT molecular complexity index is 1550. The average molecular weight is 724 g/mol. The van der Waals surface area contributed by atoms with Crippen molar-refractivity contribution in [3.63, 3.8) is 0 Å². The number of ether oxygens (including phenoxy) is 3. The monoisotopic (exact) mass is 724 g/mol. The van der Waals surface area contributed by atoms with E-state index in [0.717, 1.165) is 27.8 Å². The molecule has 0 saturated carbocycles. The molecule has 0 radical (unpaired) electrons. The van der Waals surface area contributed by atoms with E-state index in [1.807, 2.05) is 6.07 Å². The third kappa shape index (κ3) is 7.11. The molecule has 5 rings (SSSR count). The fourth-order valence-electron chi connectivity index (χ4n) is 5.01. The predicted octanol–water partition coefficient (Wildman–Crippen LogP) is 4.30. The van der Waals surface area contributed by atoms with Crippen molar-refractivity contribution < 1.29 is 47.2 Å². The zero-order valence-corrected chi connectivity index (χ0v) is 25.2. The van der Waals surface area contributed by atoms with Crippen molar-refractivity contribution in [2.75, 3.05) is 19.9 Å². The molecule has 1 aliphatic carbocycles. The van der Waals surface area contributed by atoms with Crippen LogP contribution in [0.3, 0.4) is 0 Å². The van der Waals surface area contributed by atoms with Gasteiger partial charge in [0.1, 0.15) is 18.0 Å². The summed E-state index contributed by atoms with van der Waals surface area (Å²) in [5.41, 5.74) is -0.147. The Morgan fingerprint density at radius 2 is 1.77 bits per heavy atom. The summed E-state index contributed by atoms with van der Waals surface area (Å²) in [5.74, 6) is 0.240. The number of fused-ring (bicyclic) bond motifs is 1. The van der Waals surface area contributed by atoms with Gasteiger partial charge in [-0.25, -0.2) is 0 Å². The number of para-hydroxylation sites is 1. The number of alkyl halides is 3. The summed E-state index contributed by atoms with van der Waals surface area (Å²) in [7, 11) is 0. The summed E-state index contributed by atoms with van der Waals surface area (Å²) < 4.78 is 57.5. The number of carbonyl (C=O) groups excluding carboxylic acids is 2. The number of aliphatic hydroxyl groups is 2. The lowest BCUT2D eigenvalue weighted by molar-refractivity contribution is -0.137. The van der Waals surface area contributed by atoms with Crippen LogP contribution in [0.1, 0.15) is 27.9 Å². The molecule has 3 atom stereocenters. The molecule has 3 aromatic rings. The zero-order valence-electron chi connectivity index (χ0n) is 23.1. The number of benzene rings is 3. The van der Waals surface area contributed by atoms with Gasteiger partial charge in [-0.1, -0.05) is 18.2 Å². The largest absolute Gasteiger partial charge is 0.482 e. The molecule has 0 bridgehead atoms. The van der Waals surface area contributed by atoms with Gasteiger partial charge in [0.15, 0.2) is 11.5 Å². The van der Waals surface area contributed by atoms with Crippen LogP contribution < -0.4 is 19.5 Å². The van der Waals surface area contributed by atoms with Gasteiger partial charge in [0.05, 0.1) is 21.8 Å². The van der Waals surface area contributed by atoms with Gasteiger partial charge < -0.3 is 34.6 Å². The second-order valence-corrected chi connectivity index (χ2v) is 11.3. The number of nitrogens with zero attached hydrogens (tertiary/aromatic N) is 1. The minimum Gasteiger partial charge on any atom is -0.482 e. The smallest absolute Gasteiger partial charge is 0.416 e. The van der Waals surface area contributed by atoms with Crippen LogP contribution in [0.2, 0.25) is 0 Å². The van der Waals surface area contributed by atoms with Gasteiger partial charge in [-0.05, 0) is 82.8 Å². The van der Waals surface area contributed by atoms with E-state index in [1.54, 1.807) is 36.4 Å². The van der Waals surface area contributed by atoms with E-state index < -0.39 is 41.8 Å². The fourth-order valence-corrected chi connectivity index (χ4v) is 5.52. The van der Waals surface area contributed by atoms with Crippen LogP contribution in [-0.2, 0) is 17.5 Å². The first-order chi connectivity index (χ1) is 21.0. The van der Waals surface area contributed by atoms with Crippen LogP contribution in [0.4, 0.5) is 13.2 Å². The van der Waals surface area contributed by atoms with Gasteiger partial charge in [0.25, 0.3) is 5.91 Å². The molecule has 3 N–H and O–H groups in total. The third-order valence-electron chi connectivity index (χ3n) is 7.22. The molecule has 0 aromatic heterocycles. The maximum absolute atomic E-state index is 14.0. The van der Waals surface area contributed by atoms with E-state index in [2.05, 4.69) is 27.9 Å². The molecule has 0 spiro atoms. The second-order valence-electron chi connectivity index (χ2n) is 10.1. The van der Waals surface area contributed by atoms with Gasteiger partial charge in [-0.15, -0.1) is 0 Å². The lowest BCUT2D eigenvalue weighted by Crippen LogP contribution is -2.54. The number of amides is 2. The number of halogens is 4. The normalized spacial score (nSPS) is 19.2. The van der Waals surface area contributed by atoms with Crippen LogP contribution >= 0.6 is 22.6 Å². The molecule has 1 heterocycles. The Balaban J connectivity index is 1.53. The number of carbonyl (C=O) groups is 2. The number of aliphatic hydroxyl groups excluding tert-OH is 2. The van der Waals surface area contributed by atoms with Gasteiger partial charge in [0.2, 0.25) is 12.7 Å². The van der Waals surface area contributed by atoms with E-state index in [4.69, 9.17) is 14.2 Å². The molecule has 0 fully saturated rings. The SMILES string of the molecule is O=C(NCCO)C1=C[C@H](Oc2ccccc2I)[C@@H](O)[C@H](N(Cc2ccc3c(c2)OCO3)C(=O)c2ccc(C(F)(F)F)cc2)C1. The molecule has 2 amide bonds. The molecule has 9 nitrogen and oxygen atoms in total. The molecule has 2 aliphatic rings. The molecule has 44 heavy (non-hydrogen) atoms. The Morgan fingerprint density at radius 1 is 1.05 bits per heavy atom.